The van der Waals surface area contributed by atoms with Crippen LogP contribution in [0, 0.1) is 11.8 Å². The molecular formula is C10H22S. The standard InChI is InChI=1S/C10H22S/c1-5-10(8(2)3)7-6-9(4)11/h8-11H,5-7H2,1-4H3. The van der Waals surface area contributed by atoms with Gasteiger partial charge in [0, 0.05) is 0 Å². The fraction of sp³-hybridized carbons (Fsp3) is 1.00. The van der Waals surface area contributed by atoms with Crippen LogP contribution in [-0.2, 0) is 0 Å². The fourth-order valence-corrected chi connectivity index (χ4v) is 1.61. The highest BCUT2D eigenvalue weighted by atomic mass is 32.1. The van der Waals surface area contributed by atoms with Gasteiger partial charge in [0.1, 0.15) is 0 Å². The van der Waals surface area contributed by atoms with E-state index in [2.05, 4.69) is 40.3 Å². The largest absolute Gasteiger partial charge is 0.176 e. The molecule has 0 saturated heterocycles. The van der Waals surface area contributed by atoms with Gasteiger partial charge in [0.2, 0.25) is 0 Å². The van der Waals surface area contributed by atoms with Gasteiger partial charge in [0.25, 0.3) is 0 Å². The van der Waals surface area contributed by atoms with E-state index in [1.54, 1.807) is 0 Å². The van der Waals surface area contributed by atoms with E-state index < -0.39 is 0 Å². The molecule has 0 aromatic heterocycles. The van der Waals surface area contributed by atoms with Crippen LogP contribution >= 0.6 is 12.6 Å². The van der Waals surface area contributed by atoms with Crippen LogP contribution in [0.15, 0.2) is 0 Å². The molecule has 0 spiro atoms. The summed E-state index contributed by atoms with van der Waals surface area (Å²) in [6.45, 7) is 9.10. The fourth-order valence-electron chi connectivity index (χ4n) is 1.46. The molecule has 2 atom stereocenters. The highest BCUT2D eigenvalue weighted by Gasteiger charge is 2.10. The maximum absolute atomic E-state index is 4.38. The Balaban J connectivity index is 3.52. The van der Waals surface area contributed by atoms with E-state index in [0.29, 0.717) is 5.25 Å². The zero-order valence-corrected chi connectivity index (χ0v) is 9.20. The van der Waals surface area contributed by atoms with Crippen LogP contribution < -0.4 is 0 Å². The van der Waals surface area contributed by atoms with E-state index in [0.717, 1.165) is 11.8 Å². The maximum atomic E-state index is 4.38. The molecule has 0 bridgehead atoms. The van der Waals surface area contributed by atoms with Gasteiger partial charge < -0.3 is 0 Å². The van der Waals surface area contributed by atoms with Crippen molar-refractivity contribution in [1.82, 2.24) is 0 Å². The first-order valence-electron chi connectivity index (χ1n) is 4.76. The van der Waals surface area contributed by atoms with E-state index >= 15 is 0 Å². The Labute approximate surface area is 77.2 Å². The van der Waals surface area contributed by atoms with Crippen LogP contribution in [0.1, 0.15) is 47.0 Å². The van der Waals surface area contributed by atoms with Crippen molar-refractivity contribution >= 4 is 12.6 Å². The Morgan fingerprint density at radius 3 is 1.91 bits per heavy atom. The Kier molecular flexibility index (Phi) is 6.12. The van der Waals surface area contributed by atoms with Gasteiger partial charge in [-0.25, -0.2) is 0 Å². The lowest BCUT2D eigenvalue weighted by Crippen LogP contribution is -2.09. The van der Waals surface area contributed by atoms with Crippen molar-refractivity contribution in [2.45, 2.75) is 52.2 Å². The van der Waals surface area contributed by atoms with E-state index in [-0.39, 0.29) is 0 Å². The highest BCUT2D eigenvalue weighted by molar-refractivity contribution is 7.80. The second-order valence-electron chi connectivity index (χ2n) is 3.84. The molecule has 0 aliphatic rings. The molecular weight excluding hydrogens is 152 g/mol. The first-order chi connectivity index (χ1) is 5.07. The molecule has 0 aromatic rings. The van der Waals surface area contributed by atoms with E-state index in [4.69, 9.17) is 0 Å². The summed E-state index contributed by atoms with van der Waals surface area (Å²) in [6, 6.07) is 0. The Morgan fingerprint density at radius 1 is 1.09 bits per heavy atom. The molecule has 0 N–H and O–H groups in total. The molecule has 0 radical (unpaired) electrons. The number of hydrogen-bond acceptors (Lipinski definition) is 1. The maximum Gasteiger partial charge on any atom is -0.00115 e. The summed E-state index contributed by atoms with van der Waals surface area (Å²) in [6.07, 6.45) is 3.93. The minimum atomic E-state index is 0.572. The van der Waals surface area contributed by atoms with Crippen LogP contribution in [0.5, 0.6) is 0 Å². The van der Waals surface area contributed by atoms with Crippen molar-refractivity contribution in [2.24, 2.45) is 11.8 Å². The molecule has 2 unspecified atom stereocenters. The van der Waals surface area contributed by atoms with Crippen molar-refractivity contribution in [3.63, 3.8) is 0 Å². The summed E-state index contributed by atoms with van der Waals surface area (Å²) >= 11 is 4.38. The monoisotopic (exact) mass is 174 g/mol. The summed E-state index contributed by atoms with van der Waals surface area (Å²) in [5, 5.41) is 0.572. The molecule has 11 heavy (non-hydrogen) atoms. The number of thiol groups is 1. The molecule has 0 nitrogen and oxygen atoms in total. The zero-order valence-electron chi connectivity index (χ0n) is 8.30. The van der Waals surface area contributed by atoms with Gasteiger partial charge in [-0.05, 0) is 29.9 Å². The average molecular weight is 174 g/mol. The molecule has 0 aliphatic heterocycles. The average Bonchev–Trinajstić information content (AvgIpc) is 1.87. The predicted octanol–water partition coefficient (Wildman–Crippen LogP) is 3.77. The van der Waals surface area contributed by atoms with Gasteiger partial charge in [-0.15, -0.1) is 0 Å². The van der Waals surface area contributed by atoms with Gasteiger partial charge in [-0.1, -0.05) is 34.1 Å². The molecule has 68 valence electrons. The smallest absolute Gasteiger partial charge is 0.00115 e. The summed E-state index contributed by atoms with van der Waals surface area (Å²) in [5.74, 6) is 1.75. The number of rotatable bonds is 5. The molecule has 0 aliphatic carbocycles. The predicted molar refractivity (Wildman–Crippen MR) is 56.3 cm³/mol. The summed E-state index contributed by atoms with van der Waals surface area (Å²) < 4.78 is 0. The minimum Gasteiger partial charge on any atom is -0.176 e. The van der Waals surface area contributed by atoms with Crippen LogP contribution in [0.4, 0.5) is 0 Å². The zero-order chi connectivity index (χ0) is 8.85. The molecule has 0 aromatic carbocycles. The van der Waals surface area contributed by atoms with Gasteiger partial charge in [-0.3, -0.25) is 0 Å². The van der Waals surface area contributed by atoms with Crippen LogP contribution in [-0.4, -0.2) is 5.25 Å². The van der Waals surface area contributed by atoms with Crippen LogP contribution in [0.2, 0.25) is 0 Å². The molecule has 0 rings (SSSR count). The third kappa shape index (κ3) is 5.60. The lowest BCUT2D eigenvalue weighted by atomic mass is 9.88. The Hall–Kier alpha value is 0.350. The van der Waals surface area contributed by atoms with Crippen molar-refractivity contribution in [2.75, 3.05) is 0 Å². The van der Waals surface area contributed by atoms with Crippen LogP contribution in [0.25, 0.3) is 0 Å². The number of hydrogen-bond donors (Lipinski definition) is 1. The third-order valence-electron chi connectivity index (χ3n) is 2.42. The molecule has 0 heterocycles. The van der Waals surface area contributed by atoms with Gasteiger partial charge in [0.15, 0.2) is 0 Å². The molecule has 0 fully saturated rings. The summed E-state index contributed by atoms with van der Waals surface area (Å²) in [4.78, 5) is 0. The van der Waals surface area contributed by atoms with E-state index in [9.17, 15) is 0 Å². The Morgan fingerprint density at radius 2 is 1.64 bits per heavy atom. The highest BCUT2D eigenvalue weighted by Crippen LogP contribution is 2.22. The van der Waals surface area contributed by atoms with E-state index in [1.807, 2.05) is 0 Å². The van der Waals surface area contributed by atoms with Gasteiger partial charge >= 0.3 is 0 Å². The second kappa shape index (κ2) is 5.93. The first-order valence-corrected chi connectivity index (χ1v) is 5.27. The lowest BCUT2D eigenvalue weighted by Gasteiger charge is -2.19. The normalized spacial score (nSPS) is 16.9. The van der Waals surface area contributed by atoms with E-state index in [1.165, 1.54) is 19.3 Å². The van der Waals surface area contributed by atoms with Crippen LogP contribution in [0.3, 0.4) is 0 Å². The van der Waals surface area contributed by atoms with Gasteiger partial charge in [-0.2, -0.15) is 12.6 Å². The summed E-state index contributed by atoms with van der Waals surface area (Å²) in [7, 11) is 0. The van der Waals surface area contributed by atoms with Crippen molar-refractivity contribution in [3.8, 4) is 0 Å². The minimum absolute atomic E-state index is 0.572. The van der Waals surface area contributed by atoms with Crippen molar-refractivity contribution < 1.29 is 0 Å². The third-order valence-corrected chi connectivity index (χ3v) is 2.68. The van der Waals surface area contributed by atoms with Crippen molar-refractivity contribution in [1.29, 1.82) is 0 Å². The summed E-state index contributed by atoms with van der Waals surface area (Å²) in [5.41, 5.74) is 0. The second-order valence-corrected chi connectivity index (χ2v) is 4.72. The molecule has 0 amide bonds. The van der Waals surface area contributed by atoms with Gasteiger partial charge in [0.05, 0.1) is 0 Å². The first kappa shape index (κ1) is 11.4. The topological polar surface area (TPSA) is 0 Å². The SMILES string of the molecule is CCC(CCC(C)S)C(C)C. The lowest BCUT2D eigenvalue weighted by molar-refractivity contribution is 0.341. The molecule has 0 saturated carbocycles. The quantitative estimate of drug-likeness (QED) is 0.603. The van der Waals surface area contributed by atoms with Crippen molar-refractivity contribution in [3.05, 3.63) is 0 Å². The Bertz CT molecular complexity index is 86.9. The molecule has 1 heteroatoms.